The van der Waals surface area contributed by atoms with Gasteiger partial charge in [-0.2, -0.15) is 5.10 Å². The first kappa shape index (κ1) is 18.4. The van der Waals surface area contributed by atoms with E-state index >= 15 is 0 Å². The average molecular weight is 326 g/mol. The fourth-order valence-electron chi connectivity index (χ4n) is 3.14. The number of aryl methyl sites for hydroxylation is 2. The molecule has 1 aromatic heterocycles. The zero-order valence-electron chi connectivity index (χ0n) is 15.6. The second kappa shape index (κ2) is 8.81. The molecular weight excluding hydrogens is 296 g/mol. The van der Waals surface area contributed by atoms with Crippen LogP contribution in [0.4, 0.5) is 0 Å². The van der Waals surface area contributed by atoms with Crippen molar-refractivity contribution in [3.8, 4) is 0 Å². The molecule has 130 valence electrons. The summed E-state index contributed by atoms with van der Waals surface area (Å²) < 4.78 is 1.58. The molecule has 3 heteroatoms. The van der Waals surface area contributed by atoms with E-state index < -0.39 is 0 Å². The molecule has 3 nitrogen and oxygen atoms in total. The summed E-state index contributed by atoms with van der Waals surface area (Å²) in [7, 11) is 0. The highest BCUT2D eigenvalue weighted by Crippen LogP contribution is 2.18. The quantitative estimate of drug-likeness (QED) is 0.609. The molecule has 0 radical (unpaired) electrons. The van der Waals surface area contributed by atoms with Crippen molar-refractivity contribution in [2.75, 3.05) is 0 Å². The smallest absolute Gasteiger partial charge is 0.267 e. The number of rotatable bonds is 8. The number of benzene rings is 1. The summed E-state index contributed by atoms with van der Waals surface area (Å²) >= 11 is 0. The summed E-state index contributed by atoms with van der Waals surface area (Å²) in [5, 5.41) is 4.50. The molecule has 0 aliphatic carbocycles. The lowest BCUT2D eigenvalue weighted by Crippen LogP contribution is -2.15. The predicted molar refractivity (Wildman–Crippen MR) is 99.7 cm³/mol. The van der Waals surface area contributed by atoms with E-state index in [0.717, 1.165) is 23.4 Å². The molecule has 1 aromatic carbocycles. The largest absolute Gasteiger partial charge is 0.278 e. The molecule has 0 aliphatic heterocycles. The Bertz CT molecular complexity index is 668. The maximum atomic E-state index is 12.7. The van der Waals surface area contributed by atoms with E-state index in [1.807, 2.05) is 45.0 Å². The fourth-order valence-corrected chi connectivity index (χ4v) is 3.14. The Hall–Kier alpha value is -1.90. The van der Waals surface area contributed by atoms with Crippen LogP contribution < -0.4 is 0 Å². The van der Waals surface area contributed by atoms with Crippen molar-refractivity contribution < 1.29 is 4.79 Å². The van der Waals surface area contributed by atoms with Crippen LogP contribution in [0.25, 0.3) is 0 Å². The van der Waals surface area contributed by atoms with Crippen LogP contribution in [0.5, 0.6) is 0 Å². The number of nitrogens with zero attached hydrogens (tertiary/aromatic N) is 2. The summed E-state index contributed by atoms with van der Waals surface area (Å²) in [6.45, 7) is 8.29. The summed E-state index contributed by atoms with van der Waals surface area (Å²) in [5.41, 5.74) is 5.07. The second-order valence-electron chi connectivity index (χ2n) is 6.75. The molecular formula is C21H30N2O. The molecule has 0 amide bonds. The number of unbranched alkanes of at least 4 members (excludes halogenated alkanes) is 5. The normalized spacial score (nSPS) is 11.0. The van der Waals surface area contributed by atoms with Gasteiger partial charge in [-0.3, -0.25) is 4.79 Å². The first-order valence-corrected chi connectivity index (χ1v) is 9.21. The Balaban J connectivity index is 2.02. The topological polar surface area (TPSA) is 34.9 Å². The number of hydrogen-bond donors (Lipinski definition) is 0. The van der Waals surface area contributed by atoms with E-state index in [1.54, 1.807) is 4.68 Å². The van der Waals surface area contributed by atoms with Crippen LogP contribution in [-0.2, 0) is 6.42 Å². The van der Waals surface area contributed by atoms with Crippen molar-refractivity contribution in [1.82, 2.24) is 9.78 Å². The van der Waals surface area contributed by atoms with Gasteiger partial charge in [0, 0.05) is 11.3 Å². The van der Waals surface area contributed by atoms with Gasteiger partial charge < -0.3 is 0 Å². The lowest BCUT2D eigenvalue weighted by atomic mass is 10.0. The van der Waals surface area contributed by atoms with E-state index in [1.165, 1.54) is 44.1 Å². The Morgan fingerprint density at radius 1 is 0.958 bits per heavy atom. The summed E-state index contributed by atoms with van der Waals surface area (Å²) in [6, 6.07) is 7.69. The van der Waals surface area contributed by atoms with Crippen LogP contribution in [0.2, 0.25) is 0 Å². The molecule has 0 atom stereocenters. The number of hydrogen-bond acceptors (Lipinski definition) is 2. The third-order valence-corrected chi connectivity index (χ3v) is 4.71. The van der Waals surface area contributed by atoms with Crippen LogP contribution in [0, 0.1) is 20.8 Å². The molecule has 0 unspecified atom stereocenters. The van der Waals surface area contributed by atoms with E-state index in [2.05, 4.69) is 12.0 Å². The zero-order chi connectivity index (χ0) is 17.5. The lowest BCUT2D eigenvalue weighted by molar-refractivity contribution is 0.0942. The number of aromatic nitrogens is 2. The van der Waals surface area contributed by atoms with E-state index in [9.17, 15) is 4.79 Å². The summed E-state index contributed by atoms with van der Waals surface area (Å²) in [5.74, 6) is -0.0372. The summed E-state index contributed by atoms with van der Waals surface area (Å²) in [6.07, 6.45) is 8.71. The van der Waals surface area contributed by atoms with Gasteiger partial charge in [-0.15, -0.1) is 0 Å². The molecule has 2 rings (SSSR count). The van der Waals surface area contributed by atoms with Gasteiger partial charge in [-0.25, -0.2) is 4.68 Å². The van der Waals surface area contributed by atoms with Gasteiger partial charge >= 0.3 is 0 Å². The Kier molecular flexibility index (Phi) is 6.77. The van der Waals surface area contributed by atoms with Gasteiger partial charge in [-0.1, -0.05) is 56.7 Å². The molecule has 0 fully saturated rings. The van der Waals surface area contributed by atoms with Crippen LogP contribution >= 0.6 is 0 Å². The third-order valence-electron chi connectivity index (χ3n) is 4.71. The predicted octanol–water partition coefficient (Wildman–Crippen LogP) is 5.40. The van der Waals surface area contributed by atoms with Crippen molar-refractivity contribution in [2.24, 2.45) is 0 Å². The Morgan fingerprint density at radius 2 is 1.58 bits per heavy atom. The highest BCUT2D eigenvalue weighted by molar-refractivity contribution is 5.95. The minimum Gasteiger partial charge on any atom is -0.267 e. The highest BCUT2D eigenvalue weighted by Gasteiger charge is 2.17. The molecule has 24 heavy (non-hydrogen) atoms. The van der Waals surface area contributed by atoms with Crippen molar-refractivity contribution in [1.29, 1.82) is 0 Å². The first-order valence-electron chi connectivity index (χ1n) is 9.21. The third kappa shape index (κ3) is 4.56. The van der Waals surface area contributed by atoms with E-state index in [4.69, 9.17) is 0 Å². The van der Waals surface area contributed by atoms with Crippen molar-refractivity contribution in [3.63, 3.8) is 0 Å². The molecule has 1 heterocycles. The standard InChI is InChI=1S/C21H30N2O/c1-5-6-7-8-9-10-11-20-17(3)22-23(18(20)4)21(24)19-14-12-16(2)13-15-19/h12-15H,5-11H2,1-4H3. The molecule has 0 saturated carbocycles. The van der Waals surface area contributed by atoms with Crippen LogP contribution in [0.1, 0.15) is 78.3 Å². The maximum Gasteiger partial charge on any atom is 0.278 e. The van der Waals surface area contributed by atoms with Gasteiger partial charge in [0.2, 0.25) is 0 Å². The average Bonchev–Trinajstić information content (AvgIpc) is 2.86. The number of carbonyl (C=O) groups excluding carboxylic acids is 1. The highest BCUT2D eigenvalue weighted by atomic mass is 16.2. The van der Waals surface area contributed by atoms with Gasteiger partial charge in [0.05, 0.1) is 5.69 Å². The minimum absolute atomic E-state index is 0.0372. The van der Waals surface area contributed by atoms with Crippen LogP contribution in [0.15, 0.2) is 24.3 Å². The van der Waals surface area contributed by atoms with Crippen molar-refractivity contribution >= 4 is 5.91 Å². The minimum atomic E-state index is -0.0372. The fraction of sp³-hybridized carbons (Fsp3) is 0.524. The van der Waals surface area contributed by atoms with Crippen LogP contribution in [0.3, 0.4) is 0 Å². The molecule has 2 aromatic rings. The van der Waals surface area contributed by atoms with Gasteiger partial charge in [0.15, 0.2) is 0 Å². The lowest BCUT2D eigenvalue weighted by Gasteiger charge is -2.05. The number of carbonyl (C=O) groups is 1. The Morgan fingerprint density at radius 3 is 2.25 bits per heavy atom. The van der Waals surface area contributed by atoms with Crippen molar-refractivity contribution in [3.05, 3.63) is 52.3 Å². The van der Waals surface area contributed by atoms with Gasteiger partial charge in [-0.05, 0) is 51.3 Å². The van der Waals surface area contributed by atoms with Crippen molar-refractivity contribution in [2.45, 2.75) is 72.6 Å². The van der Waals surface area contributed by atoms with E-state index in [-0.39, 0.29) is 5.91 Å². The molecule has 0 aliphatic rings. The van der Waals surface area contributed by atoms with E-state index in [0.29, 0.717) is 5.56 Å². The SMILES string of the molecule is CCCCCCCCc1c(C)nn(C(=O)c2ccc(C)cc2)c1C. The maximum absolute atomic E-state index is 12.7. The molecule has 0 bridgehead atoms. The monoisotopic (exact) mass is 326 g/mol. The van der Waals surface area contributed by atoms with Gasteiger partial charge in [0.25, 0.3) is 5.91 Å². The first-order chi connectivity index (χ1) is 11.5. The second-order valence-corrected chi connectivity index (χ2v) is 6.75. The molecule has 0 N–H and O–H groups in total. The Labute approximate surface area is 146 Å². The van der Waals surface area contributed by atoms with Crippen LogP contribution in [-0.4, -0.2) is 15.7 Å². The zero-order valence-corrected chi connectivity index (χ0v) is 15.6. The molecule has 0 spiro atoms. The molecule has 0 saturated heterocycles. The van der Waals surface area contributed by atoms with Gasteiger partial charge in [0.1, 0.15) is 0 Å². The summed E-state index contributed by atoms with van der Waals surface area (Å²) in [4.78, 5) is 12.7.